The monoisotopic (exact) mass is 493 g/mol. The van der Waals surface area contributed by atoms with Crippen LogP contribution in [0, 0.1) is 0 Å². The fourth-order valence-corrected chi connectivity index (χ4v) is 3.32. The van der Waals surface area contributed by atoms with Crippen molar-refractivity contribution in [3.05, 3.63) is 101 Å². The maximum Gasteiger partial charge on any atom is 0.407 e. The van der Waals surface area contributed by atoms with E-state index in [9.17, 15) is 19.2 Å². The van der Waals surface area contributed by atoms with Gasteiger partial charge in [0.05, 0.1) is 12.2 Å². The number of carbonyl (C=O) groups excluding carboxylic acids is 4. The van der Waals surface area contributed by atoms with E-state index < -0.39 is 17.9 Å². The van der Waals surface area contributed by atoms with Gasteiger partial charge in [-0.2, -0.15) is 0 Å². The van der Waals surface area contributed by atoms with E-state index in [4.69, 9.17) is 16.3 Å². The predicted octanol–water partition coefficient (Wildman–Crippen LogP) is 3.58. The van der Waals surface area contributed by atoms with Gasteiger partial charge in [-0.15, -0.1) is 0 Å². The van der Waals surface area contributed by atoms with Crippen molar-refractivity contribution < 1.29 is 23.9 Å². The normalized spacial score (nSPS) is 10.2. The van der Waals surface area contributed by atoms with Gasteiger partial charge in [-0.25, -0.2) is 4.79 Å². The number of hydrogen-bond donors (Lipinski definition) is 2. The Hall–Kier alpha value is -4.17. The van der Waals surface area contributed by atoms with Crippen LogP contribution < -0.4 is 15.5 Å². The van der Waals surface area contributed by atoms with Crippen LogP contribution in [-0.4, -0.2) is 43.8 Å². The highest BCUT2D eigenvalue weighted by atomic mass is 35.5. The molecule has 0 bridgehead atoms. The van der Waals surface area contributed by atoms with E-state index in [0.717, 1.165) is 5.56 Å². The molecular weight excluding hydrogens is 470 g/mol. The van der Waals surface area contributed by atoms with E-state index in [1.165, 1.54) is 18.0 Å². The first kappa shape index (κ1) is 25.5. The molecule has 180 valence electrons. The average molecular weight is 494 g/mol. The van der Waals surface area contributed by atoms with Crippen LogP contribution in [0.2, 0.25) is 5.02 Å². The van der Waals surface area contributed by atoms with Crippen LogP contribution in [0.5, 0.6) is 0 Å². The zero-order chi connectivity index (χ0) is 25.2. The van der Waals surface area contributed by atoms with Crippen molar-refractivity contribution in [3.8, 4) is 0 Å². The summed E-state index contributed by atoms with van der Waals surface area (Å²) in [4.78, 5) is 50.8. The van der Waals surface area contributed by atoms with E-state index >= 15 is 0 Å². The number of likely N-dealkylation sites (N-methyl/N-ethyl adjacent to an activating group) is 1. The average Bonchev–Trinajstić information content (AvgIpc) is 2.89. The molecule has 35 heavy (non-hydrogen) atoms. The van der Waals surface area contributed by atoms with Gasteiger partial charge in [0, 0.05) is 23.2 Å². The standard InChI is InChI=1S/C26H24ClN3O5/c1-30(22-13-12-20(27)14-21(22)25(33)19-10-6-3-7-11-19)24(32)16-28-23(31)15-29-26(34)35-17-18-8-4-2-5-9-18/h2-14H,15-17H2,1H3,(H,28,31)(H,29,34). The number of rotatable bonds is 9. The van der Waals surface area contributed by atoms with Gasteiger partial charge in [-0.1, -0.05) is 72.3 Å². The van der Waals surface area contributed by atoms with E-state index in [1.54, 1.807) is 42.5 Å². The Labute approximate surface area is 207 Å². The van der Waals surface area contributed by atoms with Gasteiger partial charge in [0.25, 0.3) is 0 Å². The molecule has 3 aromatic rings. The molecule has 0 aliphatic rings. The second-order valence-electron chi connectivity index (χ2n) is 7.50. The summed E-state index contributed by atoms with van der Waals surface area (Å²) in [5, 5.41) is 5.13. The largest absolute Gasteiger partial charge is 0.445 e. The summed E-state index contributed by atoms with van der Waals surface area (Å²) in [6.45, 7) is -0.621. The second kappa shape index (κ2) is 12.3. The SMILES string of the molecule is CN(C(=O)CNC(=O)CNC(=O)OCc1ccccc1)c1ccc(Cl)cc1C(=O)c1ccccc1. The number of alkyl carbamates (subject to hydrolysis) is 1. The van der Waals surface area contributed by atoms with Gasteiger partial charge in [0.1, 0.15) is 13.2 Å². The lowest BCUT2D eigenvalue weighted by molar-refractivity contribution is -0.124. The van der Waals surface area contributed by atoms with Crippen LogP contribution in [0.1, 0.15) is 21.5 Å². The lowest BCUT2D eigenvalue weighted by atomic mass is 10.0. The Balaban J connectivity index is 1.52. The van der Waals surface area contributed by atoms with Gasteiger partial charge in [0.2, 0.25) is 11.8 Å². The number of hydrogen-bond acceptors (Lipinski definition) is 5. The van der Waals surface area contributed by atoms with Crippen molar-refractivity contribution in [3.63, 3.8) is 0 Å². The van der Waals surface area contributed by atoms with Gasteiger partial charge < -0.3 is 20.3 Å². The summed E-state index contributed by atoms with van der Waals surface area (Å²) in [6.07, 6.45) is -0.752. The number of anilines is 1. The van der Waals surface area contributed by atoms with E-state index in [1.807, 2.05) is 30.3 Å². The van der Waals surface area contributed by atoms with Crippen molar-refractivity contribution in [2.75, 3.05) is 25.0 Å². The minimum Gasteiger partial charge on any atom is -0.445 e. The van der Waals surface area contributed by atoms with Crippen molar-refractivity contribution in [2.24, 2.45) is 0 Å². The fourth-order valence-electron chi connectivity index (χ4n) is 3.14. The van der Waals surface area contributed by atoms with E-state index in [-0.39, 0.29) is 31.0 Å². The molecule has 0 aromatic heterocycles. The van der Waals surface area contributed by atoms with Crippen molar-refractivity contribution >= 4 is 41.0 Å². The molecule has 0 aliphatic carbocycles. The smallest absolute Gasteiger partial charge is 0.407 e. The Morgan fingerprint density at radius 1 is 0.857 bits per heavy atom. The second-order valence-corrected chi connectivity index (χ2v) is 7.94. The van der Waals surface area contributed by atoms with Gasteiger partial charge in [-0.05, 0) is 23.8 Å². The quantitative estimate of drug-likeness (QED) is 0.443. The molecule has 0 heterocycles. The zero-order valence-corrected chi connectivity index (χ0v) is 19.7. The molecule has 0 saturated heterocycles. The first-order chi connectivity index (χ1) is 16.8. The maximum absolute atomic E-state index is 13.0. The van der Waals surface area contributed by atoms with E-state index in [2.05, 4.69) is 10.6 Å². The third kappa shape index (κ3) is 7.41. The highest BCUT2D eigenvalue weighted by molar-refractivity contribution is 6.31. The predicted molar refractivity (Wildman–Crippen MR) is 132 cm³/mol. The van der Waals surface area contributed by atoms with Crippen LogP contribution in [0.4, 0.5) is 10.5 Å². The first-order valence-corrected chi connectivity index (χ1v) is 11.1. The Morgan fingerprint density at radius 2 is 1.51 bits per heavy atom. The minimum atomic E-state index is -0.752. The summed E-state index contributed by atoms with van der Waals surface area (Å²) in [6, 6.07) is 22.4. The molecule has 0 unspecified atom stereocenters. The summed E-state index contributed by atoms with van der Waals surface area (Å²) in [7, 11) is 1.50. The maximum atomic E-state index is 13.0. The molecule has 0 saturated carbocycles. The molecule has 0 fully saturated rings. The number of halogens is 1. The third-order valence-corrected chi connectivity index (χ3v) is 5.25. The molecule has 0 atom stereocenters. The number of amides is 3. The lowest BCUT2D eigenvalue weighted by Gasteiger charge is -2.21. The third-order valence-electron chi connectivity index (χ3n) is 5.02. The topological polar surface area (TPSA) is 105 Å². The molecule has 2 N–H and O–H groups in total. The molecule has 8 nitrogen and oxygen atoms in total. The van der Waals surface area contributed by atoms with Crippen molar-refractivity contribution in [1.82, 2.24) is 10.6 Å². The van der Waals surface area contributed by atoms with Crippen LogP contribution in [0.15, 0.2) is 78.9 Å². The molecular formula is C26H24ClN3O5. The number of ether oxygens (including phenoxy) is 1. The Kier molecular flexibility index (Phi) is 8.97. The summed E-state index contributed by atoms with van der Waals surface area (Å²) in [5.41, 5.74) is 1.88. The highest BCUT2D eigenvalue weighted by Crippen LogP contribution is 2.26. The van der Waals surface area contributed by atoms with Gasteiger partial charge >= 0.3 is 6.09 Å². The minimum absolute atomic E-state index is 0.0721. The number of nitrogens with zero attached hydrogens (tertiary/aromatic N) is 1. The number of benzene rings is 3. The molecule has 3 rings (SSSR count). The van der Waals surface area contributed by atoms with Crippen molar-refractivity contribution in [2.45, 2.75) is 6.61 Å². The summed E-state index contributed by atoms with van der Waals surface area (Å²) < 4.78 is 5.03. The highest BCUT2D eigenvalue weighted by Gasteiger charge is 2.21. The molecule has 3 aromatic carbocycles. The number of nitrogens with one attached hydrogen (secondary N) is 2. The molecule has 0 spiro atoms. The van der Waals surface area contributed by atoms with Crippen molar-refractivity contribution in [1.29, 1.82) is 0 Å². The first-order valence-electron chi connectivity index (χ1n) is 10.7. The van der Waals surface area contributed by atoms with Crippen LogP contribution >= 0.6 is 11.6 Å². The molecule has 0 radical (unpaired) electrons. The molecule has 0 aliphatic heterocycles. The number of ketones is 1. The molecule has 9 heteroatoms. The number of carbonyl (C=O) groups is 4. The van der Waals surface area contributed by atoms with Gasteiger partial charge in [-0.3, -0.25) is 14.4 Å². The van der Waals surface area contributed by atoms with Crippen LogP contribution in [0.25, 0.3) is 0 Å². The van der Waals surface area contributed by atoms with Crippen LogP contribution in [0.3, 0.4) is 0 Å². The molecule has 3 amide bonds. The van der Waals surface area contributed by atoms with E-state index in [0.29, 0.717) is 16.3 Å². The lowest BCUT2D eigenvalue weighted by Crippen LogP contribution is -2.43. The summed E-state index contributed by atoms with van der Waals surface area (Å²) in [5.74, 6) is -1.32. The van der Waals surface area contributed by atoms with Crippen LogP contribution in [-0.2, 0) is 20.9 Å². The Bertz CT molecular complexity index is 1200. The fraction of sp³-hybridized carbons (Fsp3) is 0.154. The van der Waals surface area contributed by atoms with Gasteiger partial charge in [0.15, 0.2) is 5.78 Å². The summed E-state index contributed by atoms with van der Waals surface area (Å²) >= 11 is 6.10. The zero-order valence-electron chi connectivity index (χ0n) is 19.0. The Morgan fingerprint density at radius 3 is 2.20 bits per heavy atom.